The van der Waals surface area contributed by atoms with Gasteiger partial charge in [0.25, 0.3) is 0 Å². The molecular formula is C12H11Cl2N3O3. The third-order valence-electron chi connectivity index (χ3n) is 2.49. The van der Waals surface area contributed by atoms with E-state index in [9.17, 15) is 4.79 Å². The molecule has 106 valence electrons. The molecule has 1 aromatic heterocycles. The first-order valence-corrected chi connectivity index (χ1v) is 6.45. The summed E-state index contributed by atoms with van der Waals surface area (Å²) in [6, 6.07) is 3.11. The summed E-state index contributed by atoms with van der Waals surface area (Å²) in [5.41, 5.74) is 0.715. The molecule has 2 aromatic rings. The molecule has 0 bridgehead atoms. The largest absolute Gasteiger partial charge is 0.496 e. The van der Waals surface area contributed by atoms with Crippen molar-refractivity contribution in [2.45, 2.75) is 6.92 Å². The van der Waals surface area contributed by atoms with E-state index in [-0.39, 0.29) is 18.0 Å². The van der Waals surface area contributed by atoms with Crippen molar-refractivity contribution in [1.82, 2.24) is 15.4 Å². The number of esters is 1. The number of carbonyl (C=O) groups is 1. The van der Waals surface area contributed by atoms with Crippen LogP contribution >= 0.6 is 23.2 Å². The number of aromatic amines is 1. The Bertz CT molecular complexity index is 643. The van der Waals surface area contributed by atoms with Gasteiger partial charge in [-0.15, -0.1) is 5.10 Å². The van der Waals surface area contributed by atoms with Crippen molar-refractivity contribution in [2.24, 2.45) is 0 Å². The number of hydrogen-bond donors (Lipinski definition) is 1. The monoisotopic (exact) mass is 315 g/mol. The molecule has 0 unspecified atom stereocenters. The van der Waals surface area contributed by atoms with Crippen LogP contribution in [-0.2, 0) is 4.74 Å². The van der Waals surface area contributed by atoms with Gasteiger partial charge in [0.05, 0.1) is 24.3 Å². The fourth-order valence-corrected chi connectivity index (χ4v) is 2.25. The molecule has 0 fully saturated rings. The predicted octanol–water partition coefficient (Wildman–Crippen LogP) is 2.96. The number of halogens is 2. The molecule has 0 saturated carbocycles. The van der Waals surface area contributed by atoms with Gasteiger partial charge in [0.1, 0.15) is 11.4 Å². The van der Waals surface area contributed by atoms with Crippen LogP contribution in [0, 0.1) is 0 Å². The number of hydrogen-bond acceptors (Lipinski definition) is 5. The van der Waals surface area contributed by atoms with Crippen LogP contribution in [0.3, 0.4) is 0 Å². The van der Waals surface area contributed by atoms with Gasteiger partial charge >= 0.3 is 5.97 Å². The number of methoxy groups -OCH3 is 1. The SMILES string of the molecule is CCOC(=O)c1n[nH]nc1-c1c(Cl)cc(Cl)cc1OC. The second-order valence-corrected chi connectivity index (χ2v) is 4.55. The number of aromatic nitrogens is 3. The first-order chi connectivity index (χ1) is 9.58. The van der Waals surface area contributed by atoms with Crippen LogP contribution in [0.5, 0.6) is 5.75 Å². The Morgan fingerprint density at radius 2 is 2.10 bits per heavy atom. The van der Waals surface area contributed by atoms with Crippen molar-refractivity contribution in [3.8, 4) is 17.0 Å². The fourth-order valence-electron chi connectivity index (χ4n) is 1.69. The van der Waals surface area contributed by atoms with Crippen molar-refractivity contribution < 1.29 is 14.3 Å². The zero-order valence-corrected chi connectivity index (χ0v) is 12.2. The summed E-state index contributed by atoms with van der Waals surface area (Å²) in [5, 5.41) is 10.8. The average Bonchev–Trinajstić information content (AvgIpc) is 2.86. The normalized spacial score (nSPS) is 10.4. The lowest BCUT2D eigenvalue weighted by Gasteiger charge is -2.09. The topological polar surface area (TPSA) is 77.1 Å². The Morgan fingerprint density at radius 3 is 2.75 bits per heavy atom. The van der Waals surface area contributed by atoms with Gasteiger partial charge in [-0.25, -0.2) is 4.79 Å². The van der Waals surface area contributed by atoms with E-state index in [0.717, 1.165) is 0 Å². The zero-order chi connectivity index (χ0) is 14.7. The van der Waals surface area contributed by atoms with Gasteiger partial charge in [-0.2, -0.15) is 10.3 Å². The van der Waals surface area contributed by atoms with Crippen LogP contribution in [-0.4, -0.2) is 35.1 Å². The fraction of sp³-hybridized carbons (Fsp3) is 0.250. The van der Waals surface area contributed by atoms with E-state index < -0.39 is 5.97 Å². The molecule has 0 radical (unpaired) electrons. The molecule has 0 aliphatic carbocycles. The highest BCUT2D eigenvalue weighted by molar-refractivity contribution is 6.37. The van der Waals surface area contributed by atoms with Gasteiger partial charge in [-0.1, -0.05) is 23.2 Å². The van der Waals surface area contributed by atoms with Crippen LogP contribution in [0.1, 0.15) is 17.4 Å². The second kappa shape index (κ2) is 6.11. The van der Waals surface area contributed by atoms with Crippen molar-refractivity contribution in [1.29, 1.82) is 0 Å². The second-order valence-electron chi connectivity index (χ2n) is 3.71. The Balaban J connectivity index is 2.58. The highest BCUT2D eigenvalue weighted by Crippen LogP contribution is 2.39. The molecule has 1 N–H and O–H groups in total. The van der Waals surface area contributed by atoms with E-state index in [1.165, 1.54) is 13.2 Å². The summed E-state index contributed by atoms with van der Waals surface area (Å²) in [6.07, 6.45) is 0. The van der Waals surface area contributed by atoms with Crippen LogP contribution < -0.4 is 4.74 Å². The summed E-state index contributed by atoms with van der Waals surface area (Å²) >= 11 is 12.1. The first kappa shape index (κ1) is 14.6. The average molecular weight is 316 g/mol. The molecule has 0 spiro atoms. The van der Waals surface area contributed by atoms with E-state index in [0.29, 0.717) is 21.4 Å². The Hall–Kier alpha value is -1.79. The molecule has 0 aliphatic rings. The van der Waals surface area contributed by atoms with Gasteiger partial charge in [0.2, 0.25) is 0 Å². The van der Waals surface area contributed by atoms with Crippen LogP contribution in [0.15, 0.2) is 12.1 Å². The molecule has 2 rings (SSSR count). The van der Waals surface area contributed by atoms with Crippen molar-refractivity contribution in [2.75, 3.05) is 13.7 Å². The highest BCUT2D eigenvalue weighted by Gasteiger charge is 2.24. The van der Waals surface area contributed by atoms with Crippen molar-refractivity contribution >= 4 is 29.2 Å². The molecule has 0 atom stereocenters. The minimum absolute atomic E-state index is 0.0365. The summed E-state index contributed by atoms with van der Waals surface area (Å²) in [7, 11) is 1.47. The Morgan fingerprint density at radius 1 is 1.35 bits per heavy atom. The van der Waals surface area contributed by atoms with Gasteiger partial charge in [0, 0.05) is 5.02 Å². The maximum atomic E-state index is 11.8. The van der Waals surface area contributed by atoms with E-state index in [1.54, 1.807) is 13.0 Å². The number of benzene rings is 1. The third-order valence-corrected chi connectivity index (χ3v) is 3.01. The van der Waals surface area contributed by atoms with Gasteiger partial charge < -0.3 is 9.47 Å². The van der Waals surface area contributed by atoms with E-state index >= 15 is 0 Å². The van der Waals surface area contributed by atoms with Gasteiger partial charge in [-0.3, -0.25) is 0 Å². The van der Waals surface area contributed by atoms with Gasteiger partial charge in [0.15, 0.2) is 5.69 Å². The quantitative estimate of drug-likeness (QED) is 0.878. The maximum Gasteiger partial charge on any atom is 0.361 e. The molecule has 0 amide bonds. The Kier molecular flexibility index (Phi) is 4.46. The molecule has 6 nitrogen and oxygen atoms in total. The van der Waals surface area contributed by atoms with E-state index in [2.05, 4.69) is 15.4 Å². The number of rotatable bonds is 4. The minimum atomic E-state index is -0.593. The lowest BCUT2D eigenvalue weighted by Crippen LogP contribution is -2.07. The van der Waals surface area contributed by atoms with E-state index in [1.807, 2.05) is 0 Å². The number of H-pyrrole nitrogens is 1. The third kappa shape index (κ3) is 2.71. The van der Waals surface area contributed by atoms with Crippen LogP contribution in [0.2, 0.25) is 10.0 Å². The summed E-state index contributed by atoms with van der Waals surface area (Å²) in [5.74, 6) is -0.203. The van der Waals surface area contributed by atoms with E-state index in [4.69, 9.17) is 32.7 Å². The minimum Gasteiger partial charge on any atom is -0.496 e. The Labute approximate surface area is 125 Å². The molecule has 1 aromatic carbocycles. The molecule has 0 aliphatic heterocycles. The summed E-state index contributed by atoms with van der Waals surface area (Å²) < 4.78 is 10.1. The van der Waals surface area contributed by atoms with Crippen molar-refractivity contribution in [3.05, 3.63) is 27.9 Å². The lowest BCUT2D eigenvalue weighted by atomic mass is 10.1. The zero-order valence-electron chi connectivity index (χ0n) is 10.7. The number of nitrogens with zero attached hydrogens (tertiary/aromatic N) is 2. The predicted molar refractivity (Wildman–Crippen MR) is 74.3 cm³/mol. The molecule has 0 saturated heterocycles. The molecule has 20 heavy (non-hydrogen) atoms. The highest BCUT2D eigenvalue weighted by atomic mass is 35.5. The summed E-state index contributed by atoms with van der Waals surface area (Å²) in [6.45, 7) is 1.93. The maximum absolute atomic E-state index is 11.8. The van der Waals surface area contributed by atoms with Gasteiger partial charge in [-0.05, 0) is 19.1 Å². The number of carbonyl (C=O) groups excluding carboxylic acids is 1. The number of nitrogens with one attached hydrogen (secondary N) is 1. The molecular weight excluding hydrogens is 305 g/mol. The van der Waals surface area contributed by atoms with Crippen LogP contribution in [0.4, 0.5) is 0 Å². The molecule has 8 heteroatoms. The summed E-state index contributed by atoms with van der Waals surface area (Å²) in [4.78, 5) is 11.8. The number of ether oxygens (including phenoxy) is 2. The van der Waals surface area contributed by atoms with Crippen LogP contribution in [0.25, 0.3) is 11.3 Å². The first-order valence-electron chi connectivity index (χ1n) is 5.69. The molecule has 1 heterocycles. The smallest absolute Gasteiger partial charge is 0.361 e. The standard InChI is InChI=1S/C12H11Cl2N3O3/c1-3-20-12(18)11-10(15-17-16-11)9-7(14)4-6(13)5-8(9)19-2/h4-5H,3H2,1-2H3,(H,15,16,17). The lowest BCUT2D eigenvalue weighted by molar-refractivity contribution is 0.0520. The van der Waals surface area contributed by atoms with Crippen molar-refractivity contribution in [3.63, 3.8) is 0 Å².